The molecular weight excluding hydrogens is 280 g/mol. The molecule has 1 atom stereocenters. The van der Waals surface area contributed by atoms with Gasteiger partial charge >= 0.3 is 22.7 Å². The van der Waals surface area contributed by atoms with E-state index < -0.39 is 32.6 Å². The standard InChI is InChI=1S/C4F8O3S/c5-1(6,7)4(12)15-2(8,9)3(10,11)16(4,13)14/t4-/m0/s1. The lowest BCUT2D eigenvalue weighted by molar-refractivity contribution is -0.386. The van der Waals surface area contributed by atoms with E-state index in [0.717, 1.165) is 0 Å². The minimum absolute atomic E-state index is 2.07. The van der Waals surface area contributed by atoms with Gasteiger partial charge in [-0.05, 0) is 0 Å². The summed E-state index contributed by atoms with van der Waals surface area (Å²) in [7, 11) is -7.23. The second-order valence-electron chi connectivity index (χ2n) is 2.67. The van der Waals surface area contributed by atoms with Crippen molar-refractivity contribution in [3.05, 3.63) is 0 Å². The van der Waals surface area contributed by atoms with Crippen LogP contribution in [0.4, 0.5) is 35.1 Å². The van der Waals surface area contributed by atoms with Crippen molar-refractivity contribution in [2.75, 3.05) is 0 Å². The molecule has 12 heteroatoms. The third kappa shape index (κ3) is 1.19. The van der Waals surface area contributed by atoms with Gasteiger partial charge in [0.05, 0.1) is 0 Å². The highest BCUT2D eigenvalue weighted by molar-refractivity contribution is 7.93. The Labute approximate surface area is 81.9 Å². The summed E-state index contributed by atoms with van der Waals surface area (Å²) < 4.78 is 120. The Morgan fingerprint density at radius 1 is 0.938 bits per heavy atom. The summed E-state index contributed by atoms with van der Waals surface area (Å²) in [5.41, 5.74) is 0. The molecule has 1 aliphatic rings. The molecule has 1 aliphatic heterocycles. The zero-order valence-electron chi connectivity index (χ0n) is 6.66. The van der Waals surface area contributed by atoms with Crippen LogP contribution in [0.5, 0.6) is 0 Å². The number of hydrogen-bond donors (Lipinski definition) is 0. The van der Waals surface area contributed by atoms with Crippen LogP contribution in [0.2, 0.25) is 0 Å². The molecule has 0 aromatic carbocycles. The molecular formula is C4F8O3S. The van der Waals surface area contributed by atoms with Crippen LogP contribution in [0.3, 0.4) is 0 Å². The highest BCUT2D eigenvalue weighted by Gasteiger charge is 2.90. The summed E-state index contributed by atoms with van der Waals surface area (Å²) in [6, 6.07) is 0. The largest absolute Gasteiger partial charge is 0.465 e. The Morgan fingerprint density at radius 2 is 1.31 bits per heavy atom. The Morgan fingerprint density at radius 3 is 1.44 bits per heavy atom. The van der Waals surface area contributed by atoms with Crippen molar-refractivity contribution >= 4 is 9.84 Å². The van der Waals surface area contributed by atoms with Crippen molar-refractivity contribution in [1.82, 2.24) is 0 Å². The topological polar surface area (TPSA) is 43.4 Å². The van der Waals surface area contributed by atoms with E-state index in [1.54, 1.807) is 0 Å². The minimum atomic E-state index is -7.23. The highest BCUT2D eigenvalue weighted by atomic mass is 32.2. The van der Waals surface area contributed by atoms with Gasteiger partial charge in [-0.2, -0.15) is 35.1 Å². The maximum Gasteiger partial charge on any atom is 0.465 e. The molecule has 1 saturated heterocycles. The summed E-state index contributed by atoms with van der Waals surface area (Å²) in [5, 5.41) is -12.4. The average molecular weight is 280 g/mol. The Hall–Kier alpha value is -0.650. The van der Waals surface area contributed by atoms with Gasteiger partial charge in [-0.3, -0.25) is 4.74 Å². The van der Waals surface area contributed by atoms with Crippen LogP contribution in [-0.2, 0) is 14.6 Å². The first-order valence-corrected chi connectivity index (χ1v) is 4.64. The predicted octanol–water partition coefficient (Wildman–Crippen LogP) is 1.80. The van der Waals surface area contributed by atoms with Gasteiger partial charge in [0.1, 0.15) is 0 Å². The Balaban J connectivity index is 3.54. The van der Waals surface area contributed by atoms with E-state index in [4.69, 9.17) is 0 Å². The molecule has 0 aromatic heterocycles. The van der Waals surface area contributed by atoms with E-state index in [1.807, 2.05) is 0 Å². The molecule has 16 heavy (non-hydrogen) atoms. The zero-order valence-corrected chi connectivity index (χ0v) is 7.47. The lowest BCUT2D eigenvalue weighted by Crippen LogP contribution is -2.49. The molecule has 0 bridgehead atoms. The Bertz CT molecular complexity index is 409. The van der Waals surface area contributed by atoms with Gasteiger partial charge in [-0.25, -0.2) is 8.42 Å². The van der Waals surface area contributed by atoms with Crippen LogP contribution < -0.4 is 0 Å². The number of sulfone groups is 1. The fourth-order valence-corrected chi connectivity index (χ4v) is 2.01. The second-order valence-corrected chi connectivity index (χ2v) is 4.72. The monoisotopic (exact) mass is 280 g/mol. The molecule has 0 aromatic rings. The molecule has 1 heterocycles. The number of alkyl halides is 8. The first-order chi connectivity index (χ1) is 6.71. The second kappa shape index (κ2) is 2.78. The molecule has 96 valence electrons. The molecule has 1 fully saturated rings. The highest BCUT2D eigenvalue weighted by Crippen LogP contribution is 2.59. The molecule has 0 unspecified atom stereocenters. The van der Waals surface area contributed by atoms with Crippen molar-refractivity contribution in [1.29, 1.82) is 0 Å². The van der Waals surface area contributed by atoms with E-state index in [-0.39, 0.29) is 0 Å². The molecule has 0 spiro atoms. The van der Waals surface area contributed by atoms with E-state index >= 15 is 0 Å². The number of hydrogen-bond acceptors (Lipinski definition) is 3. The van der Waals surface area contributed by atoms with Crippen LogP contribution in [0.15, 0.2) is 0 Å². The summed E-state index contributed by atoms with van der Waals surface area (Å²) in [6.07, 6.45) is -12.7. The average Bonchev–Trinajstić information content (AvgIpc) is 2.07. The van der Waals surface area contributed by atoms with Gasteiger partial charge in [0.15, 0.2) is 0 Å². The molecule has 0 aliphatic carbocycles. The summed E-state index contributed by atoms with van der Waals surface area (Å²) in [4.78, 5) is 0. The SMILES string of the molecule is O=S1(=O)C(F)(F)C(F)(F)O[C@@]1(F)C(F)(F)F. The molecule has 0 saturated carbocycles. The van der Waals surface area contributed by atoms with Gasteiger partial charge in [0.2, 0.25) is 0 Å². The van der Waals surface area contributed by atoms with Gasteiger partial charge in [-0.15, -0.1) is 0 Å². The Kier molecular flexibility index (Phi) is 2.33. The maximum atomic E-state index is 12.7. The number of ether oxygens (including phenoxy) is 1. The molecule has 0 amide bonds. The normalized spacial score (nSPS) is 36.2. The van der Waals surface area contributed by atoms with Gasteiger partial charge < -0.3 is 0 Å². The summed E-state index contributed by atoms with van der Waals surface area (Å²) >= 11 is 0. The number of rotatable bonds is 0. The summed E-state index contributed by atoms with van der Waals surface area (Å²) in [6.45, 7) is 0. The van der Waals surface area contributed by atoms with E-state index in [9.17, 15) is 43.5 Å². The molecule has 3 nitrogen and oxygen atoms in total. The smallest absolute Gasteiger partial charge is 0.256 e. The van der Waals surface area contributed by atoms with Crippen molar-refractivity contribution < 1.29 is 48.3 Å². The lowest BCUT2D eigenvalue weighted by Gasteiger charge is -2.19. The molecule has 0 N–H and O–H groups in total. The third-order valence-corrected chi connectivity index (χ3v) is 3.54. The molecule has 1 rings (SSSR count). The van der Waals surface area contributed by atoms with Crippen LogP contribution in [-0.4, -0.2) is 31.1 Å². The van der Waals surface area contributed by atoms with E-state index in [0.29, 0.717) is 0 Å². The van der Waals surface area contributed by atoms with Gasteiger partial charge in [0, 0.05) is 0 Å². The van der Waals surface area contributed by atoms with Crippen LogP contribution in [0.25, 0.3) is 0 Å². The van der Waals surface area contributed by atoms with E-state index in [2.05, 4.69) is 4.74 Å². The van der Waals surface area contributed by atoms with Crippen molar-refractivity contribution in [2.45, 2.75) is 22.7 Å². The van der Waals surface area contributed by atoms with Gasteiger partial charge in [0.25, 0.3) is 9.84 Å². The van der Waals surface area contributed by atoms with E-state index in [1.165, 1.54) is 0 Å². The van der Waals surface area contributed by atoms with Crippen molar-refractivity contribution in [3.63, 3.8) is 0 Å². The van der Waals surface area contributed by atoms with Crippen molar-refractivity contribution in [2.24, 2.45) is 0 Å². The zero-order chi connectivity index (χ0) is 13.2. The summed E-state index contributed by atoms with van der Waals surface area (Å²) in [5.74, 6) is 0. The predicted molar refractivity (Wildman–Crippen MR) is 29.8 cm³/mol. The van der Waals surface area contributed by atoms with Gasteiger partial charge in [-0.1, -0.05) is 0 Å². The minimum Gasteiger partial charge on any atom is -0.256 e. The quantitative estimate of drug-likeness (QED) is 0.635. The van der Waals surface area contributed by atoms with Crippen LogP contribution in [0.1, 0.15) is 0 Å². The fraction of sp³-hybridized carbons (Fsp3) is 1.00. The van der Waals surface area contributed by atoms with Crippen LogP contribution in [0, 0.1) is 0 Å². The molecule has 0 radical (unpaired) electrons. The fourth-order valence-electron chi connectivity index (χ4n) is 0.811. The number of halogens is 8. The van der Waals surface area contributed by atoms with Crippen molar-refractivity contribution in [3.8, 4) is 0 Å². The third-order valence-electron chi connectivity index (χ3n) is 1.62. The lowest BCUT2D eigenvalue weighted by atomic mass is 10.6. The maximum absolute atomic E-state index is 12.7. The van der Waals surface area contributed by atoms with Crippen LogP contribution >= 0.6 is 0 Å². The first kappa shape index (κ1) is 13.4. The first-order valence-electron chi connectivity index (χ1n) is 3.16.